The van der Waals surface area contributed by atoms with Crippen molar-refractivity contribution in [3.05, 3.63) is 53.5 Å². The Hall–Kier alpha value is -2.80. The van der Waals surface area contributed by atoms with Gasteiger partial charge in [0, 0.05) is 51.5 Å². The lowest BCUT2D eigenvalue weighted by Crippen LogP contribution is -2.54. The summed E-state index contributed by atoms with van der Waals surface area (Å²) >= 11 is 0. The van der Waals surface area contributed by atoms with Gasteiger partial charge in [0.2, 0.25) is 0 Å². The number of hydrogen-bond acceptors (Lipinski definition) is 8. The van der Waals surface area contributed by atoms with Crippen molar-refractivity contribution < 1.29 is 32.2 Å². The summed E-state index contributed by atoms with van der Waals surface area (Å²) in [6.45, 7) is 3.08. The van der Waals surface area contributed by atoms with Gasteiger partial charge in [-0.05, 0) is 56.2 Å². The van der Waals surface area contributed by atoms with Crippen LogP contribution in [0.1, 0.15) is 66.2 Å². The highest BCUT2D eigenvalue weighted by Gasteiger charge is 2.32. The van der Waals surface area contributed by atoms with E-state index in [1.165, 1.54) is 18.5 Å². The first-order valence-electron chi connectivity index (χ1n) is 14.3. The first kappa shape index (κ1) is 29.7. The number of benzene rings is 1. The van der Waals surface area contributed by atoms with Crippen molar-refractivity contribution in [3.8, 4) is 0 Å². The molecule has 0 saturated carbocycles. The van der Waals surface area contributed by atoms with Crippen molar-refractivity contribution in [2.45, 2.75) is 75.1 Å². The van der Waals surface area contributed by atoms with Gasteiger partial charge in [-0.2, -0.15) is 13.2 Å². The molecule has 2 N–H and O–H groups in total. The Morgan fingerprint density at radius 3 is 2.61 bits per heavy atom. The Balaban J connectivity index is 1.10. The largest absolute Gasteiger partial charge is 0.416 e. The van der Waals surface area contributed by atoms with Crippen molar-refractivity contribution in [2.24, 2.45) is 0 Å². The van der Waals surface area contributed by atoms with Crippen LogP contribution in [0.2, 0.25) is 0 Å². The molecule has 9 nitrogen and oxygen atoms in total. The van der Waals surface area contributed by atoms with E-state index in [0.29, 0.717) is 43.8 Å². The second-order valence-corrected chi connectivity index (χ2v) is 10.9. The van der Waals surface area contributed by atoms with Crippen molar-refractivity contribution in [2.75, 3.05) is 45.3 Å². The quantitative estimate of drug-likeness (QED) is 0.482. The van der Waals surface area contributed by atoms with Crippen LogP contribution in [0.15, 0.2) is 36.7 Å². The fourth-order valence-electron chi connectivity index (χ4n) is 5.82. The third-order valence-corrected chi connectivity index (χ3v) is 8.19. The number of carbonyl (C=O) groups excluding carboxylic acids is 1. The Morgan fingerprint density at radius 2 is 1.88 bits per heavy atom. The summed E-state index contributed by atoms with van der Waals surface area (Å²) in [5, 5.41) is 6.95. The van der Waals surface area contributed by atoms with Gasteiger partial charge in [0.1, 0.15) is 17.8 Å². The molecule has 4 heterocycles. The van der Waals surface area contributed by atoms with Crippen LogP contribution < -0.4 is 10.6 Å². The minimum atomic E-state index is -4.36. The lowest BCUT2D eigenvalue weighted by Gasteiger charge is -2.38. The zero-order chi connectivity index (χ0) is 28.8. The maximum absolute atomic E-state index is 13.2. The van der Waals surface area contributed by atoms with Crippen LogP contribution in [-0.2, 0) is 20.4 Å². The standard InChI is InChI=1S/C29H38F3N5O4/c1-39-26-17-40-14-11-23(26)36-21-9-12-37(13-10-21)28(38)24-15-27(35-18-34-24)33-16-22-3-2-4-25(41-22)19-5-7-20(8-6-19)29(30,31)32/h5-8,15,18,21-23,25-26,36H,2-4,9-14,16-17H2,1H3,(H,33,34,35)/t22?,23-,25-,26+/m0/s1. The van der Waals surface area contributed by atoms with Crippen LogP contribution >= 0.6 is 0 Å². The highest BCUT2D eigenvalue weighted by atomic mass is 19.4. The zero-order valence-corrected chi connectivity index (χ0v) is 23.2. The Labute approximate surface area is 238 Å². The van der Waals surface area contributed by atoms with E-state index >= 15 is 0 Å². The smallest absolute Gasteiger partial charge is 0.379 e. The number of likely N-dealkylation sites (tertiary alicyclic amines) is 1. The molecule has 1 aromatic carbocycles. The van der Waals surface area contributed by atoms with E-state index < -0.39 is 11.7 Å². The SMILES string of the molecule is CO[C@@H]1COCC[C@@H]1NC1CCN(C(=O)c2cc(NCC3CCC[C@@H](c4ccc(C(F)(F)F)cc4)O3)ncn2)CC1. The summed E-state index contributed by atoms with van der Waals surface area (Å²) in [6.07, 6.45) is 1.77. The highest BCUT2D eigenvalue weighted by molar-refractivity contribution is 5.93. The zero-order valence-electron chi connectivity index (χ0n) is 23.2. The van der Waals surface area contributed by atoms with Crippen molar-refractivity contribution in [1.82, 2.24) is 20.2 Å². The van der Waals surface area contributed by atoms with E-state index in [4.69, 9.17) is 14.2 Å². The fraction of sp³-hybridized carbons (Fsp3) is 0.621. The van der Waals surface area contributed by atoms with Crippen LogP contribution in [0, 0.1) is 0 Å². The minimum absolute atomic E-state index is 0.0464. The molecule has 3 aliphatic heterocycles. The average molecular weight is 578 g/mol. The van der Waals surface area contributed by atoms with E-state index in [9.17, 15) is 18.0 Å². The van der Waals surface area contributed by atoms with E-state index in [1.807, 2.05) is 4.90 Å². The van der Waals surface area contributed by atoms with Crippen LogP contribution in [0.4, 0.5) is 19.0 Å². The van der Waals surface area contributed by atoms with Gasteiger partial charge in [0.05, 0.1) is 30.5 Å². The molecule has 5 rings (SSSR count). The van der Waals surface area contributed by atoms with Gasteiger partial charge in [0.25, 0.3) is 5.91 Å². The molecule has 0 radical (unpaired) electrons. The predicted octanol–water partition coefficient (Wildman–Crippen LogP) is 4.22. The lowest BCUT2D eigenvalue weighted by molar-refractivity contribution is -0.137. The number of hydrogen-bond donors (Lipinski definition) is 2. The number of methoxy groups -OCH3 is 1. The monoisotopic (exact) mass is 577 g/mol. The molecular formula is C29H38F3N5O4. The topological polar surface area (TPSA) is 97.8 Å². The van der Waals surface area contributed by atoms with Gasteiger partial charge in [-0.1, -0.05) is 12.1 Å². The fourth-order valence-corrected chi connectivity index (χ4v) is 5.82. The van der Waals surface area contributed by atoms with Crippen LogP contribution in [-0.4, -0.2) is 85.0 Å². The molecule has 2 aromatic rings. The molecule has 0 spiro atoms. The molecule has 4 atom stereocenters. The molecule has 1 amide bonds. The number of aromatic nitrogens is 2. The average Bonchev–Trinajstić information content (AvgIpc) is 3.00. The number of alkyl halides is 3. The molecule has 3 fully saturated rings. The van der Waals surface area contributed by atoms with Gasteiger partial charge >= 0.3 is 6.18 Å². The van der Waals surface area contributed by atoms with Crippen molar-refractivity contribution in [3.63, 3.8) is 0 Å². The lowest BCUT2D eigenvalue weighted by atomic mass is 9.97. The summed E-state index contributed by atoms with van der Waals surface area (Å²) in [6, 6.07) is 7.43. The van der Waals surface area contributed by atoms with Crippen LogP contribution in [0.5, 0.6) is 0 Å². The third kappa shape index (κ3) is 7.73. The number of ether oxygens (including phenoxy) is 3. The molecule has 3 aliphatic rings. The van der Waals surface area contributed by atoms with Crippen LogP contribution in [0.3, 0.4) is 0 Å². The Kier molecular flexibility index (Phi) is 9.74. The summed E-state index contributed by atoms with van der Waals surface area (Å²) < 4.78 is 56.0. The number of halogens is 3. The van der Waals surface area contributed by atoms with Gasteiger partial charge in [0.15, 0.2) is 0 Å². The second-order valence-electron chi connectivity index (χ2n) is 10.9. The number of nitrogens with one attached hydrogen (secondary N) is 2. The summed E-state index contributed by atoms with van der Waals surface area (Å²) in [5.41, 5.74) is 0.411. The second kappa shape index (κ2) is 13.5. The third-order valence-electron chi connectivity index (χ3n) is 8.19. The molecule has 224 valence electrons. The molecule has 1 unspecified atom stereocenters. The molecule has 0 aliphatic carbocycles. The Bertz CT molecular complexity index is 1140. The van der Waals surface area contributed by atoms with E-state index in [-0.39, 0.29) is 30.3 Å². The number of rotatable bonds is 8. The number of nitrogens with zero attached hydrogens (tertiary/aromatic N) is 3. The summed E-state index contributed by atoms with van der Waals surface area (Å²) in [5.74, 6) is 0.413. The van der Waals surface area contributed by atoms with Gasteiger partial charge < -0.3 is 29.7 Å². The van der Waals surface area contributed by atoms with E-state index in [0.717, 1.165) is 62.8 Å². The van der Waals surface area contributed by atoms with E-state index in [2.05, 4.69) is 20.6 Å². The molecule has 1 aromatic heterocycles. The maximum atomic E-state index is 13.2. The molecule has 3 saturated heterocycles. The van der Waals surface area contributed by atoms with E-state index in [1.54, 1.807) is 13.2 Å². The van der Waals surface area contributed by atoms with Crippen molar-refractivity contribution >= 4 is 11.7 Å². The molecule has 12 heteroatoms. The first-order chi connectivity index (χ1) is 19.8. The van der Waals surface area contributed by atoms with Crippen LogP contribution in [0.25, 0.3) is 0 Å². The summed E-state index contributed by atoms with van der Waals surface area (Å²) in [4.78, 5) is 23.5. The van der Waals surface area contributed by atoms with Crippen molar-refractivity contribution in [1.29, 1.82) is 0 Å². The van der Waals surface area contributed by atoms with Gasteiger partial charge in [-0.25, -0.2) is 9.97 Å². The number of piperidine rings is 1. The minimum Gasteiger partial charge on any atom is -0.379 e. The highest BCUT2D eigenvalue weighted by Crippen LogP contribution is 2.34. The summed E-state index contributed by atoms with van der Waals surface area (Å²) in [7, 11) is 1.71. The molecule has 0 bridgehead atoms. The Morgan fingerprint density at radius 1 is 1.10 bits per heavy atom. The molecule has 41 heavy (non-hydrogen) atoms. The normalized spacial score (nSPS) is 26.1. The van der Waals surface area contributed by atoms with Gasteiger partial charge in [-0.15, -0.1) is 0 Å². The predicted molar refractivity (Wildman–Crippen MR) is 146 cm³/mol. The number of carbonyl (C=O) groups is 1. The van der Waals surface area contributed by atoms with Gasteiger partial charge in [-0.3, -0.25) is 4.79 Å². The maximum Gasteiger partial charge on any atom is 0.416 e. The first-order valence-corrected chi connectivity index (χ1v) is 14.3. The molecular weight excluding hydrogens is 539 g/mol. The number of amides is 1. The number of anilines is 1.